The van der Waals surface area contributed by atoms with Crippen LogP contribution < -0.4 is 5.32 Å². The fourth-order valence-corrected chi connectivity index (χ4v) is 4.62. The molecule has 0 saturated heterocycles. The number of pyridine rings is 1. The summed E-state index contributed by atoms with van der Waals surface area (Å²) in [5.74, 6) is -0.144. The predicted molar refractivity (Wildman–Crippen MR) is 143 cm³/mol. The standard InChI is InChI=1S/C28H22BrN3OS/c1-18-8-14-23(15-9-18)31-27(33)19(2)34-28-25(17-30)24(20-6-4-3-5-7-20)16-26(32-28)21-10-12-22(29)13-11-21/h3-16,19H,1-2H3,(H,31,33)/t19-/m0/s1. The molecule has 0 aliphatic rings. The van der Waals surface area contributed by atoms with Crippen molar-refractivity contribution in [2.45, 2.75) is 24.1 Å². The number of nitriles is 1. The van der Waals surface area contributed by atoms with Gasteiger partial charge in [-0.1, -0.05) is 87.9 Å². The lowest BCUT2D eigenvalue weighted by molar-refractivity contribution is -0.115. The Bertz CT molecular complexity index is 1350. The molecule has 0 aliphatic heterocycles. The fourth-order valence-electron chi connectivity index (χ4n) is 3.43. The zero-order chi connectivity index (χ0) is 24.1. The molecule has 34 heavy (non-hydrogen) atoms. The monoisotopic (exact) mass is 527 g/mol. The zero-order valence-electron chi connectivity index (χ0n) is 18.7. The number of thioether (sulfide) groups is 1. The fraction of sp³-hybridized carbons (Fsp3) is 0.107. The van der Waals surface area contributed by atoms with Crippen molar-refractivity contribution in [3.8, 4) is 28.5 Å². The first-order chi connectivity index (χ1) is 16.4. The van der Waals surface area contributed by atoms with Crippen molar-refractivity contribution in [1.29, 1.82) is 5.26 Å². The van der Waals surface area contributed by atoms with Crippen LogP contribution in [0.15, 0.2) is 94.4 Å². The maximum absolute atomic E-state index is 12.9. The smallest absolute Gasteiger partial charge is 0.237 e. The maximum Gasteiger partial charge on any atom is 0.237 e. The molecule has 1 atom stereocenters. The lowest BCUT2D eigenvalue weighted by atomic mass is 9.99. The van der Waals surface area contributed by atoms with Crippen molar-refractivity contribution < 1.29 is 4.79 Å². The van der Waals surface area contributed by atoms with E-state index in [0.717, 1.165) is 38.1 Å². The van der Waals surface area contributed by atoms with E-state index in [1.54, 1.807) is 0 Å². The van der Waals surface area contributed by atoms with E-state index in [1.807, 2.05) is 98.8 Å². The molecule has 1 N–H and O–H groups in total. The summed E-state index contributed by atoms with van der Waals surface area (Å²) in [7, 11) is 0. The van der Waals surface area contributed by atoms with Crippen LogP contribution in [-0.2, 0) is 4.79 Å². The third-order valence-electron chi connectivity index (χ3n) is 5.30. The molecule has 4 nitrogen and oxygen atoms in total. The highest BCUT2D eigenvalue weighted by molar-refractivity contribution is 9.10. The van der Waals surface area contributed by atoms with Crippen molar-refractivity contribution in [2.24, 2.45) is 0 Å². The number of aromatic nitrogens is 1. The number of amides is 1. The number of carbonyl (C=O) groups excluding carboxylic acids is 1. The first-order valence-corrected chi connectivity index (χ1v) is 12.4. The van der Waals surface area contributed by atoms with Gasteiger partial charge in [-0.2, -0.15) is 5.26 Å². The number of halogens is 1. The molecule has 4 aromatic rings. The highest BCUT2D eigenvalue weighted by Crippen LogP contribution is 2.36. The molecule has 0 bridgehead atoms. The van der Waals surface area contributed by atoms with E-state index < -0.39 is 5.25 Å². The van der Waals surface area contributed by atoms with Gasteiger partial charge in [0.05, 0.1) is 16.5 Å². The van der Waals surface area contributed by atoms with Crippen molar-refractivity contribution in [3.63, 3.8) is 0 Å². The molecule has 4 rings (SSSR count). The number of carbonyl (C=O) groups is 1. The van der Waals surface area contributed by atoms with Gasteiger partial charge in [-0.3, -0.25) is 4.79 Å². The molecule has 0 unspecified atom stereocenters. The zero-order valence-corrected chi connectivity index (χ0v) is 21.2. The largest absolute Gasteiger partial charge is 0.325 e. The number of aryl methyl sites for hydroxylation is 1. The van der Waals surface area contributed by atoms with Gasteiger partial charge in [0.1, 0.15) is 11.1 Å². The minimum absolute atomic E-state index is 0.144. The van der Waals surface area contributed by atoms with Gasteiger partial charge >= 0.3 is 0 Å². The Morgan fingerprint density at radius 3 is 2.32 bits per heavy atom. The molecule has 3 aromatic carbocycles. The summed E-state index contributed by atoms with van der Waals surface area (Å²) in [5.41, 5.74) is 5.74. The molecule has 1 aromatic heterocycles. The van der Waals surface area contributed by atoms with E-state index in [2.05, 4.69) is 27.3 Å². The Kier molecular flexibility index (Phi) is 7.46. The molecule has 6 heteroatoms. The van der Waals surface area contributed by atoms with E-state index in [4.69, 9.17) is 4.98 Å². The summed E-state index contributed by atoms with van der Waals surface area (Å²) >= 11 is 4.77. The Balaban J connectivity index is 1.72. The van der Waals surface area contributed by atoms with Crippen LogP contribution in [0.1, 0.15) is 18.1 Å². The number of rotatable bonds is 6. The van der Waals surface area contributed by atoms with Crippen molar-refractivity contribution in [2.75, 3.05) is 5.32 Å². The quantitative estimate of drug-likeness (QED) is 0.264. The average molecular weight is 528 g/mol. The van der Waals surface area contributed by atoms with Gasteiger partial charge in [-0.25, -0.2) is 4.98 Å². The van der Waals surface area contributed by atoms with Crippen LogP contribution in [0.3, 0.4) is 0 Å². The second-order valence-electron chi connectivity index (χ2n) is 7.84. The van der Waals surface area contributed by atoms with Crippen LogP contribution in [0.4, 0.5) is 5.69 Å². The number of benzene rings is 3. The molecule has 0 aliphatic carbocycles. The van der Waals surface area contributed by atoms with E-state index in [9.17, 15) is 10.1 Å². The Labute approximate surface area is 212 Å². The second-order valence-corrected chi connectivity index (χ2v) is 10.1. The van der Waals surface area contributed by atoms with Crippen molar-refractivity contribution >= 4 is 39.3 Å². The molecule has 0 spiro atoms. The van der Waals surface area contributed by atoms with Crippen LogP contribution in [0.5, 0.6) is 0 Å². The SMILES string of the molecule is Cc1ccc(NC(=O)[C@H](C)Sc2nc(-c3ccc(Br)cc3)cc(-c3ccccc3)c2C#N)cc1. The summed E-state index contributed by atoms with van der Waals surface area (Å²) in [6.07, 6.45) is 0. The van der Waals surface area contributed by atoms with Gasteiger partial charge in [-0.15, -0.1) is 0 Å². The Morgan fingerprint density at radius 2 is 1.68 bits per heavy atom. The van der Waals surface area contributed by atoms with Crippen LogP contribution >= 0.6 is 27.7 Å². The summed E-state index contributed by atoms with van der Waals surface area (Å²) in [5, 5.41) is 13.1. The van der Waals surface area contributed by atoms with E-state index >= 15 is 0 Å². The minimum atomic E-state index is -0.454. The predicted octanol–water partition coefficient (Wildman–Crippen LogP) is 7.48. The van der Waals surface area contributed by atoms with Crippen molar-refractivity contribution in [1.82, 2.24) is 4.98 Å². The summed E-state index contributed by atoms with van der Waals surface area (Å²) in [4.78, 5) is 17.7. The molecular formula is C28H22BrN3OS. The first kappa shape index (κ1) is 23.7. The summed E-state index contributed by atoms with van der Waals surface area (Å²) < 4.78 is 0.976. The average Bonchev–Trinajstić information content (AvgIpc) is 2.86. The minimum Gasteiger partial charge on any atom is -0.325 e. The lowest BCUT2D eigenvalue weighted by Gasteiger charge is -2.16. The number of hydrogen-bond acceptors (Lipinski definition) is 4. The third kappa shape index (κ3) is 5.56. The van der Waals surface area contributed by atoms with Gasteiger partial charge in [0, 0.05) is 21.3 Å². The molecular weight excluding hydrogens is 506 g/mol. The number of nitrogens with zero attached hydrogens (tertiary/aromatic N) is 2. The normalized spacial score (nSPS) is 11.5. The van der Waals surface area contributed by atoms with Gasteiger partial charge in [-0.05, 0) is 49.7 Å². The van der Waals surface area contributed by atoms with Gasteiger partial charge in [0.25, 0.3) is 0 Å². The highest BCUT2D eigenvalue weighted by atomic mass is 79.9. The van der Waals surface area contributed by atoms with Crippen molar-refractivity contribution in [3.05, 3.63) is 101 Å². The van der Waals surface area contributed by atoms with Crippen LogP contribution in [0.2, 0.25) is 0 Å². The molecule has 1 amide bonds. The number of anilines is 1. The van der Waals surface area contributed by atoms with E-state index in [1.165, 1.54) is 11.8 Å². The molecule has 0 radical (unpaired) electrons. The highest BCUT2D eigenvalue weighted by Gasteiger charge is 2.21. The van der Waals surface area contributed by atoms with Crippen LogP contribution in [-0.4, -0.2) is 16.1 Å². The topological polar surface area (TPSA) is 65.8 Å². The third-order valence-corrected chi connectivity index (χ3v) is 6.91. The van der Waals surface area contributed by atoms with E-state index in [0.29, 0.717) is 10.6 Å². The van der Waals surface area contributed by atoms with Crippen LogP contribution in [0.25, 0.3) is 22.4 Å². The van der Waals surface area contributed by atoms with Gasteiger partial charge in [0.2, 0.25) is 5.91 Å². The summed E-state index contributed by atoms with van der Waals surface area (Å²) in [6, 6.07) is 29.6. The van der Waals surface area contributed by atoms with Crippen LogP contribution in [0, 0.1) is 18.3 Å². The second kappa shape index (κ2) is 10.7. The molecule has 0 fully saturated rings. The number of nitrogens with one attached hydrogen (secondary N) is 1. The summed E-state index contributed by atoms with van der Waals surface area (Å²) in [6.45, 7) is 3.83. The Morgan fingerprint density at radius 1 is 1.00 bits per heavy atom. The lowest BCUT2D eigenvalue weighted by Crippen LogP contribution is -2.22. The van der Waals surface area contributed by atoms with Gasteiger partial charge < -0.3 is 5.32 Å². The molecule has 0 saturated carbocycles. The molecule has 168 valence electrons. The van der Waals surface area contributed by atoms with Gasteiger partial charge in [0.15, 0.2) is 0 Å². The molecule has 1 heterocycles. The number of hydrogen-bond donors (Lipinski definition) is 1. The Hall–Kier alpha value is -3.40. The maximum atomic E-state index is 12.9. The van der Waals surface area contributed by atoms with E-state index in [-0.39, 0.29) is 5.91 Å². The first-order valence-electron chi connectivity index (χ1n) is 10.8.